The van der Waals surface area contributed by atoms with E-state index >= 15 is 0 Å². The van der Waals surface area contributed by atoms with Gasteiger partial charge in [-0.1, -0.05) is 13.8 Å². The number of nitrogens with zero attached hydrogens (tertiary/aromatic N) is 3. The number of aromatic nitrogens is 3. The second kappa shape index (κ2) is 6.78. The van der Waals surface area contributed by atoms with Crippen molar-refractivity contribution in [1.82, 2.24) is 15.0 Å². The van der Waals surface area contributed by atoms with Gasteiger partial charge in [-0.05, 0) is 25.0 Å². The molecule has 6 nitrogen and oxygen atoms in total. The molecule has 0 saturated heterocycles. The summed E-state index contributed by atoms with van der Waals surface area (Å²) in [5.41, 5.74) is 7.15. The molecule has 21 heavy (non-hydrogen) atoms. The van der Waals surface area contributed by atoms with E-state index in [1.165, 1.54) is 0 Å². The lowest BCUT2D eigenvalue weighted by atomic mass is 10.2. The molecule has 3 N–H and O–H groups in total. The number of hydrogen-bond donors (Lipinski definition) is 2. The molecule has 2 aromatic rings. The Morgan fingerprint density at radius 3 is 2.57 bits per heavy atom. The molecular weight excluding hydrogens is 266 g/mol. The molecule has 0 unspecified atom stereocenters. The van der Waals surface area contributed by atoms with Gasteiger partial charge in [-0.15, -0.1) is 0 Å². The molecule has 0 saturated carbocycles. The number of nitrogens with two attached hydrogens (primary N) is 1. The second-order valence-electron chi connectivity index (χ2n) is 4.67. The average Bonchev–Trinajstić information content (AvgIpc) is 2.52. The average molecular weight is 285 g/mol. The Balaban J connectivity index is 2.36. The van der Waals surface area contributed by atoms with Crippen LogP contribution in [-0.2, 0) is 11.2 Å². The summed E-state index contributed by atoms with van der Waals surface area (Å²) in [5.74, 6) is 0.831. The molecule has 0 spiro atoms. The van der Waals surface area contributed by atoms with Gasteiger partial charge in [-0.3, -0.25) is 9.78 Å². The summed E-state index contributed by atoms with van der Waals surface area (Å²) >= 11 is 0. The standard InChI is InChI=1S/C15H19N5O/c1-3-11-9-13(19-12(4-2)14(16)21)20-15(18-11)10-5-7-17-8-6-10/h5-9,12H,3-4H2,1-2H3,(H2,16,21)(H,18,19,20)/t12-/m1/s1. The van der Waals surface area contributed by atoms with Crippen LogP contribution in [0, 0.1) is 0 Å². The van der Waals surface area contributed by atoms with Crippen LogP contribution in [0.25, 0.3) is 11.4 Å². The highest BCUT2D eigenvalue weighted by molar-refractivity contribution is 5.82. The first-order chi connectivity index (χ1) is 10.1. The maximum atomic E-state index is 11.4. The number of pyridine rings is 1. The Hall–Kier alpha value is -2.50. The van der Waals surface area contributed by atoms with Gasteiger partial charge in [0.2, 0.25) is 5.91 Å². The van der Waals surface area contributed by atoms with Gasteiger partial charge in [0.25, 0.3) is 0 Å². The summed E-state index contributed by atoms with van der Waals surface area (Å²) in [6, 6.07) is 5.11. The molecule has 2 heterocycles. The van der Waals surface area contributed by atoms with Gasteiger partial charge >= 0.3 is 0 Å². The van der Waals surface area contributed by atoms with Gasteiger partial charge in [0, 0.05) is 29.7 Å². The van der Waals surface area contributed by atoms with Gasteiger partial charge in [0.15, 0.2) is 5.82 Å². The van der Waals surface area contributed by atoms with Crippen LogP contribution in [0.1, 0.15) is 26.0 Å². The number of anilines is 1. The molecule has 2 aromatic heterocycles. The van der Waals surface area contributed by atoms with E-state index in [2.05, 4.69) is 20.3 Å². The van der Waals surface area contributed by atoms with E-state index < -0.39 is 6.04 Å². The third-order valence-corrected chi connectivity index (χ3v) is 3.15. The summed E-state index contributed by atoms with van der Waals surface area (Å²) in [7, 11) is 0. The molecule has 110 valence electrons. The number of aryl methyl sites for hydroxylation is 1. The number of rotatable bonds is 6. The Morgan fingerprint density at radius 2 is 2.00 bits per heavy atom. The molecular formula is C15H19N5O. The van der Waals surface area contributed by atoms with Gasteiger partial charge in [-0.2, -0.15) is 0 Å². The highest BCUT2D eigenvalue weighted by Gasteiger charge is 2.14. The summed E-state index contributed by atoms with van der Waals surface area (Å²) in [6.07, 6.45) is 4.78. The molecule has 0 aliphatic rings. The topological polar surface area (TPSA) is 93.8 Å². The van der Waals surface area contributed by atoms with Gasteiger partial charge < -0.3 is 11.1 Å². The molecule has 1 atom stereocenters. The smallest absolute Gasteiger partial charge is 0.239 e. The van der Waals surface area contributed by atoms with Crippen LogP contribution in [0.5, 0.6) is 0 Å². The van der Waals surface area contributed by atoms with E-state index in [-0.39, 0.29) is 5.91 Å². The highest BCUT2D eigenvalue weighted by Crippen LogP contribution is 2.18. The lowest BCUT2D eigenvalue weighted by Gasteiger charge is -2.15. The van der Waals surface area contributed by atoms with Crippen LogP contribution in [0.4, 0.5) is 5.82 Å². The second-order valence-corrected chi connectivity index (χ2v) is 4.67. The fourth-order valence-corrected chi connectivity index (χ4v) is 1.94. The quantitative estimate of drug-likeness (QED) is 0.843. The lowest BCUT2D eigenvalue weighted by Crippen LogP contribution is -2.35. The zero-order chi connectivity index (χ0) is 15.2. The van der Waals surface area contributed by atoms with Gasteiger partial charge in [0.1, 0.15) is 11.9 Å². The molecule has 0 fully saturated rings. The summed E-state index contributed by atoms with van der Waals surface area (Å²) in [5, 5.41) is 3.07. The first-order valence-corrected chi connectivity index (χ1v) is 6.98. The third kappa shape index (κ3) is 3.75. The van der Waals surface area contributed by atoms with E-state index in [1.54, 1.807) is 12.4 Å². The number of nitrogens with one attached hydrogen (secondary N) is 1. The van der Waals surface area contributed by atoms with E-state index in [9.17, 15) is 4.79 Å². The molecule has 0 aliphatic heterocycles. The van der Waals surface area contributed by atoms with Crippen molar-refractivity contribution in [1.29, 1.82) is 0 Å². The molecule has 0 aromatic carbocycles. The van der Waals surface area contributed by atoms with Crippen molar-refractivity contribution in [3.05, 3.63) is 36.3 Å². The van der Waals surface area contributed by atoms with Crippen molar-refractivity contribution in [2.24, 2.45) is 5.73 Å². The lowest BCUT2D eigenvalue weighted by molar-refractivity contribution is -0.118. The van der Waals surface area contributed by atoms with Crippen LogP contribution in [0.2, 0.25) is 0 Å². The maximum absolute atomic E-state index is 11.4. The normalized spacial score (nSPS) is 11.9. The van der Waals surface area contributed by atoms with Crippen LogP contribution in [0.3, 0.4) is 0 Å². The number of primary amides is 1. The number of hydrogen-bond acceptors (Lipinski definition) is 5. The Labute approximate surface area is 123 Å². The minimum atomic E-state index is -0.435. The van der Waals surface area contributed by atoms with E-state index in [4.69, 9.17) is 5.73 Å². The molecule has 0 bridgehead atoms. The fraction of sp³-hybridized carbons (Fsp3) is 0.333. The minimum Gasteiger partial charge on any atom is -0.368 e. The summed E-state index contributed by atoms with van der Waals surface area (Å²) < 4.78 is 0. The van der Waals surface area contributed by atoms with Gasteiger partial charge in [-0.25, -0.2) is 9.97 Å². The highest BCUT2D eigenvalue weighted by atomic mass is 16.1. The van der Waals surface area contributed by atoms with Crippen LogP contribution in [-0.4, -0.2) is 26.9 Å². The van der Waals surface area contributed by atoms with Crippen LogP contribution in [0.15, 0.2) is 30.6 Å². The van der Waals surface area contributed by atoms with Crippen molar-refractivity contribution in [2.75, 3.05) is 5.32 Å². The first-order valence-electron chi connectivity index (χ1n) is 6.98. The monoisotopic (exact) mass is 285 g/mol. The zero-order valence-corrected chi connectivity index (χ0v) is 12.2. The van der Waals surface area contributed by atoms with Crippen molar-refractivity contribution in [2.45, 2.75) is 32.7 Å². The van der Waals surface area contributed by atoms with Crippen LogP contribution >= 0.6 is 0 Å². The van der Waals surface area contributed by atoms with E-state index in [0.717, 1.165) is 17.7 Å². The number of amides is 1. The predicted molar refractivity (Wildman–Crippen MR) is 81.5 cm³/mol. The molecule has 1 amide bonds. The van der Waals surface area contributed by atoms with E-state index in [1.807, 2.05) is 32.0 Å². The first kappa shape index (κ1) is 14.9. The number of carbonyl (C=O) groups is 1. The summed E-state index contributed by atoms with van der Waals surface area (Å²) in [6.45, 7) is 3.92. The third-order valence-electron chi connectivity index (χ3n) is 3.15. The zero-order valence-electron chi connectivity index (χ0n) is 12.2. The van der Waals surface area contributed by atoms with Crippen molar-refractivity contribution >= 4 is 11.7 Å². The Kier molecular flexibility index (Phi) is 4.81. The fourth-order valence-electron chi connectivity index (χ4n) is 1.94. The van der Waals surface area contributed by atoms with Gasteiger partial charge in [0.05, 0.1) is 0 Å². The largest absolute Gasteiger partial charge is 0.368 e. The van der Waals surface area contributed by atoms with E-state index in [0.29, 0.717) is 18.1 Å². The molecule has 0 aliphatic carbocycles. The van der Waals surface area contributed by atoms with Crippen LogP contribution < -0.4 is 11.1 Å². The minimum absolute atomic E-state index is 0.389. The summed E-state index contributed by atoms with van der Waals surface area (Å²) in [4.78, 5) is 24.3. The van der Waals surface area contributed by atoms with Crippen molar-refractivity contribution in [3.8, 4) is 11.4 Å². The Morgan fingerprint density at radius 1 is 1.29 bits per heavy atom. The number of carbonyl (C=O) groups excluding carboxylic acids is 1. The molecule has 0 radical (unpaired) electrons. The molecule has 2 rings (SSSR count). The predicted octanol–water partition coefficient (Wildman–Crippen LogP) is 1.78. The maximum Gasteiger partial charge on any atom is 0.239 e. The van der Waals surface area contributed by atoms with Crippen molar-refractivity contribution < 1.29 is 4.79 Å². The SMILES string of the molecule is CCc1cc(N[C@H](CC)C(N)=O)nc(-c2ccncc2)n1. The van der Waals surface area contributed by atoms with Crippen molar-refractivity contribution in [3.63, 3.8) is 0 Å². The Bertz CT molecular complexity index is 615. The molecule has 6 heteroatoms.